The minimum absolute atomic E-state index is 0.0408. The molecule has 1 aromatic heterocycles. The number of aryl methyl sites for hydroxylation is 2. The molecule has 6 rings (SSSR count). The van der Waals surface area contributed by atoms with E-state index in [9.17, 15) is 34.3 Å². The van der Waals surface area contributed by atoms with Crippen LogP contribution in [0, 0.1) is 37.0 Å². The van der Waals surface area contributed by atoms with Crippen LogP contribution in [0.15, 0.2) is 60.7 Å². The summed E-state index contributed by atoms with van der Waals surface area (Å²) in [6, 6.07) is 17.7. The van der Waals surface area contributed by atoms with Crippen LogP contribution in [-0.4, -0.2) is 101 Å². The molecule has 0 unspecified atom stereocenters. The predicted molar refractivity (Wildman–Crippen MR) is 259 cm³/mol. The monoisotopic (exact) mass is 943 g/mol. The summed E-state index contributed by atoms with van der Waals surface area (Å²) in [5.74, 6) is -2.35. The second-order valence-corrected chi connectivity index (χ2v) is 18.0. The third-order valence-electron chi connectivity index (χ3n) is 12.8. The van der Waals surface area contributed by atoms with Crippen LogP contribution in [0.5, 0.6) is 17.2 Å². The van der Waals surface area contributed by atoms with Crippen LogP contribution >= 0.6 is 0 Å². The van der Waals surface area contributed by atoms with Gasteiger partial charge in [0, 0.05) is 81.0 Å². The first-order valence-corrected chi connectivity index (χ1v) is 23.9. The van der Waals surface area contributed by atoms with E-state index < -0.39 is 53.9 Å². The average Bonchev–Trinajstić information content (AvgIpc) is 3.34. The van der Waals surface area contributed by atoms with Crippen LogP contribution in [0.4, 0.5) is 0 Å². The third kappa shape index (κ3) is 13.2. The first kappa shape index (κ1) is 51.8. The first-order valence-electron chi connectivity index (χ1n) is 23.9. The molecule has 1 aliphatic carbocycles. The second-order valence-electron chi connectivity index (χ2n) is 18.0. The Hall–Kier alpha value is -6.54. The normalized spacial score (nSPS) is 18.0. The summed E-state index contributed by atoms with van der Waals surface area (Å²) in [6.07, 6.45) is 5.08. The number of ketones is 3. The lowest BCUT2D eigenvalue weighted by Crippen LogP contribution is -2.45. The third-order valence-corrected chi connectivity index (χ3v) is 12.8. The van der Waals surface area contributed by atoms with Gasteiger partial charge in [0.2, 0.25) is 11.8 Å². The van der Waals surface area contributed by atoms with E-state index in [4.69, 9.17) is 35.6 Å². The Bertz CT molecular complexity index is 2490. The van der Waals surface area contributed by atoms with E-state index >= 15 is 0 Å². The molecular weight excluding hydrogens is 879 g/mol. The van der Waals surface area contributed by atoms with Crippen molar-refractivity contribution in [3.05, 3.63) is 88.7 Å². The molecule has 3 aromatic carbocycles. The van der Waals surface area contributed by atoms with Gasteiger partial charge in [-0.3, -0.25) is 24.0 Å². The van der Waals surface area contributed by atoms with Crippen LogP contribution in [0.3, 0.4) is 0 Å². The number of nitrogens with one attached hydrogen (secondary N) is 1. The van der Waals surface area contributed by atoms with E-state index in [2.05, 4.69) is 5.32 Å². The van der Waals surface area contributed by atoms with Crippen molar-refractivity contribution in [3.8, 4) is 45.8 Å². The highest BCUT2D eigenvalue weighted by molar-refractivity contribution is 6.01. The number of hydrogen-bond acceptors (Lipinski definition) is 14. The zero-order valence-electron chi connectivity index (χ0n) is 40.1. The molecule has 1 saturated carbocycles. The highest BCUT2D eigenvalue weighted by Gasteiger charge is 2.37. The number of fused-ring (bicyclic) bond motifs is 5. The van der Waals surface area contributed by atoms with Crippen molar-refractivity contribution in [3.63, 3.8) is 0 Å². The molecule has 0 saturated heterocycles. The highest BCUT2D eigenvalue weighted by Crippen LogP contribution is 2.41. The van der Waals surface area contributed by atoms with Crippen LogP contribution in [0.1, 0.15) is 110 Å². The zero-order valence-corrected chi connectivity index (χ0v) is 40.1. The molecule has 16 nitrogen and oxygen atoms in total. The molecule has 2 heterocycles. The van der Waals surface area contributed by atoms with Crippen molar-refractivity contribution < 1.29 is 43.3 Å². The van der Waals surface area contributed by atoms with Crippen molar-refractivity contribution in [1.29, 1.82) is 5.26 Å². The Balaban J connectivity index is 1.34. The number of nitrogens with zero attached hydrogens (tertiary/aromatic N) is 4. The van der Waals surface area contributed by atoms with Crippen LogP contribution in [0.25, 0.3) is 22.5 Å². The maximum absolute atomic E-state index is 14.8. The van der Waals surface area contributed by atoms with Crippen molar-refractivity contribution in [2.45, 2.75) is 110 Å². The highest BCUT2D eigenvalue weighted by atomic mass is 16.5. The number of hydrogen-bond donors (Lipinski definition) is 4. The fraction of sp³-hybridized carbons (Fsp3) is 0.472. The van der Waals surface area contributed by atoms with E-state index in [1.807, 2.05) is 36.4 Å². The molecule has 0 radical (unpaired) electrons. The molecule has 6 N–H and O–H groups in total. The van der Waals surface area contributed by atoms with Gasteiger partial charge < -0.3 is 41.0 Å². The smallest absolute Gasteiger partial charge is 0.226 e. The summed E-state index contributed by atoms with van der Waals surface area (Å²) >= 11 is 0. The van der Waals surface area contributed by atoms with Crippen LogP contribution in [-0.2, 0) is 25.6 Å². The number of nitriles is 1. The number of aliphatic hydroxyl groups excluding tert-OH is 1. The van der Waals surface area contributed by atoms with Gasteiger partial charge >= 0.3 is 0 Å². The molecule has 366 valence electrons. The summed E-state index contributed by atoms with van der Waals surface area (Å²) in [7, 11) is 1.46. The Morgan fingerprint density at radius 2 is 1.54 bits per heavy atom. The maximum Gasteiger partial charge on any atom is 0.226 e. The SMILES string of the molecule is Cc1nc(-c2ccc(OC3CCCCC3)cc2)nc(C)c1C(=O)C[C@@H](CCO)C(=O)N(C)[C@@H]1C(=O)C[C@@H](C)C(=O)N[C@H](C(=O)CCC#N)Cc2ccc(OCCN)c(c2)-c2cc1ccc2OCCN. The van der Waals surface area contributed by atoms with E-state index in [1.165, 1.54) is 18.4 Å². The lowest BCUT2D eigenvalue weighted by atomic mass is 9.88. The largest absolute Gasteiger partial charge is 0.492 e. The fourth-order valence-corrected chi connectivity index (χ4v) is 9.23. The number of amides is 2. The fourth-order valence-electron chi connectivity index (χ4n) is 9.23. The number of ether oxygens (including phenoxy) is 3. The van der Waals surface area contributed by atoms with Crippen LogP contribution in [0.2, 0.25) is 0 Å². The molecule has 4 atom stereocenters. The maximum atomic E-state index is 14.8. The van der Waals surface area contributed by atoms with Gasteiger partial charge in [-0.15, -0.1) is 0 Å². The van der Waals surface area contributed by atoms with Gasteiger partial charge in [-0.05, 0) is 112 Å². The van der Waals surface area contributed by atoms with Gasteiger partial charge in [0.05, 0.1) is 35.2 Å². The molecular formula is C53H65N7O9. The molecule has 1 aliphatic heterocycles. The summed E-state index contributed by atoms with van der Waals surface area (Å²) in [4.78, 5) is 81.8. The topological polar surface area (TPSA) is 250 Å². The van der Waals surface area contributed by atoms with E-state index in [0.717, 1.165) is 37.0 Å². The van der Waals surface area contributed by atoms with Crippen molar-refractivity contribution >= 4 is 29.2 Å². The van der Waals surface area contributed by atoms with Gasteiger partial charge in [0.1, 0.15) is 36.5 Å². The zero-order chi connectivity index (χ0) is 49.6. The van der Waals surface area contributed by atoms with Crippen LogP contribution < -0.4 is 31.0 Å². The van der Waals surface area contributed by atoms with Crippen molar-refractivity contribution in [1.82, 2.24) is 20.2 Å². The molecule has 4 bridgehead atoms. The second kappa shape index (κ2) is 24.7. The van der Waals surface area contributed by atoms with Gasteiger partial charge in [0.25, 0.3) is 0 Å². The van der Waals surface area contributed by atoms with Gasteiger partial charge in [-0.2, -0.15) is 5.26 Å². The lowest BCUT2D eigenvalue weighted by Gasteiger charge is -2.32. The predicted octanol–water partition coefficient (Wildman–Crippen LogP) is 6.09. The number of Topliss-reactive ketones (excluding diaryl/α,β-unsaturated/α-hetero) is 3. The van der Waals surface area contributed by atoms with Gasteiger partial charge in [-0.25, -0.2) is 9.97 Å². The van der Waals surface area contributed by atoms with Gasteiger partial charge in [-0.1, -0.05) is 25.5 Å². The number of likely N-dealkylation sites (N-methyl/N-ethyl adjacent to an activating group) is 1. The minimum Gasteiger partial charge on any atom is -0.492 e. The van der Waals surface area contributed by atoms with Gasteiger partial charge in [0.15, 0.2) is 23.2 Å². The minimum atomic E-state index is -1.29. The number of carbonyl (C=O) groups excluding carboxylic acids is 5. The Kier molecular flexibility index (Phi) is 18.5. The average molecular weight is 944 g/mol. The van der Waals surface area contributed by atoms with Crippen molar-refractivity contribution in [2.75, 3.05) is 40.0 Å². The summed E-state index contributed by atoms with van der Waals surface area (Å²) in [5, 5.41) is 22.4. The number of carbonyl (C=O) groups is 5. The summed E-state index contributed by atoms with van der Waals surface area (Å²) < 4.78 is 18.5. The number of benzene rings is 3. The van der Waals surface area contributed by atoms with E-state index in [0.29, 0.717) is 51.0 Å². The Morgan fingerprint density at radius 3 is 2.16 bits per heavy atom. The molecule has 2 amide bonds. The number of aromatic nitrogens is 2. The standard InChI is InChI=1S/C53H65N7O9/c1-32-27-46(64)50(37-15-19-48(68-26-23-56)42(30-37)41-28-35(12-18-47(41)67-25-22-55)29-43(59-52(32)65)44(62)11-8-21-54)60(4)53(66)38(20-24-61)31-45(63)49-33(2)57-51(58-34(49)3)36-13-16-40(17-14-36)69-39-9-6-5-7-10-39/h12-19,28,30,32,38-39,43,50,61H,5-11,20,22-27,29,31,55-56H2,1-4H3,(H,59,65)/t32-,38-,43+,50+/m1/s1. The quantitative estimate of drug-likeness (QED) is 0.0777. The summed E-state index contributed by atoms with van der Waals surface area (Å²) in [6.45, 7) is 5.31. The molecule has 16 heteroatoms. The number of nitrogens with two attached hydrogens (primary N) is 2. The summed E-state index contributed by atoms with van der Waals surface area (Å²) in [5.41, 5.74) is 15.7. The Labute approximate surface area is 404 Å². The number of rotatable bonds is 19. The first-order chi connectivity index (χ1) is 33.3. The van der Waals surface area contributed by atoms with Crippen molar-refractivity contribution in [2.24, 2.45) is 23.3 Å². The lowest BCUT2D eigenvalue weighted by molar-refractivity contribution is -0.142. The Morgan fingerprint density at radius 1 is 0.899 bits per heavy atom. The molecule has 69 heavy (non-hydrogen) atoms. The van der Waals surface area contributed by atoms with E-state index in [-0.39, 0.29) is 82.3 Å². The molecule has 1 fully saturated rings. The molecule has 0 spiro atoms. The van der Waals surface area contributed by atoms with E-state index in [1.54, 1.807) is 51.1 Å². The molecule has 4 aromatic rings. The number of aliphatic hydroxyl groups is 1. The molecule has 2 aliphatic rings.